The third-order valence-electron chi connectivity index (χ3n) is 6.16. The highest BCUT2D eigenvalue weighted by Crippen LogP contribution is 2.28. The van der Waals surface area contributed by atoms with Gasteiger partial charge in [-0.25, -0.2) is 0 Å². The standard InChI is InChI=1S/C28H32N2O3/c1-3-8-26(31)28-25(11-7-12-27(28)32)29-16-15-22-19(2)30-24-14-13-21(17-23(22)24)33-18-20-9-5-4-6-10-20/h4-6,9-10,13-14,17,30-31H,3,7-8,11-12,15-16,18H2,1-2H3/b28-26+,29-25?. The number of nitrogens with one attached hydrogen (secondary N) is 1. The molecule has 0 aliphatic heterocycles. The molecule has 5 nitrogen and oxygen atoms in total. The van der Waals surface area contributed by atoms with Crippen LogP contribution in [0.25, 0.3) is 10.9 Å². The fraction of sp³-hybridized carbons (Fsp3) is 0.357. The molecule has 1 fully saturated rings. The van der Waals surface area contributed by atoms with Gasteiger partial charge >= 0.3 is 0 Å². The van der Waals surface area contributed by atoms with E-state index in [0.717, 1.165) is 59.3 Å². The number of ether oxygens (including phenoxy) is 1. The van der Waals surface area contributed by atoms with Crippen LogP contribution in [0.3, 0.4) is 0 Å². The Kier molecular flexibility index (Phi) is 7.28. The smallest absolute Gasteiger partial charge is 0.168 e. The van der Waals surface area contributed by atoms with Crippen LogP contribution < -0.4 is 4.74 Å². The zero-order valence-electron chi connectivity index (χ0n) is 19.5. The van der Waals surface area contributed by atoms with E-state index in [2.05, 4.69) is 36.2 Å². The van der Waals surface area contributed by atoms with Gasteiger partial charge in [-0.05, 0) is 61.9 Å². The number of fused-ring (bicyclic) bond motifs is 1. The Morgan fingerprint density at radius 3 is 2.76 bits per heavy atom. The first-order chi connectivity index (χ1) is 16.1. The maximum Gasteiger partial charge on any atom is 0.168 e. The average molecular weight is 445 g/mol. The van der Waals surface area contributed by atoms with E-state index in [1.54, 1.807) is 0 Å². The highest BCUT2D eigenvalue weighted by Gasteiger charge is 2.25. The minimum Gasteiger partial charge on any atom is -0.511 e. The number of aromatic nitrogens is 1. The van der Waals surface area contributed by atoms with Crippen molar-refractivity contribution in [2.45, 2.75) is 59.0 Å². The predicted molar refractivity (Wildman–Crippen MR) is 133 cm³/mol. The summed E-state index contributed by atoms with van der Waals surface area (Å²) in [6.45, 7) is 5.19. The van der Waals surface area contributed by atoms with Crippen LogP contribution in [0.15, 0.2) is 64.9 Å². The Morgan fingerprint density at radius 2 is 1.97 bits per heavy atom. The van der Waals surface area contributed by atoms with Crippen LogP contribution in [-0.4, -0.2) is 28.1 Å². The number of allylic oxidation sites excluding steroid dienone is 2. The molecule has 1 heterocycles. The Bertz CT molecular complexity index is 1190. The monoisotopic (exact) mass is 444 g/mol. The van der Waals surface area contributed by atoms with E-state index in [4.69, 9.17) is 9.73 Å². The highest BCUT2D eigenvalue weighted by atomic mass is 16.5. The summed E-state index contributed by atoms with van der Waals surface area (Å²) in [4.78, 5) is 20.7. The van der Waals surface area contributed by atoms with Gasteiger partial charge in [0.25, 0.3) is 0 Å². The number of carbonyl (C=O) groups is 1. The number of hydrogen-bond acceptors (Lipinski definition) is 4. The van der Waals surface area contributed by atoms with Crippen molar-refractivity contribution in [3.05, 3.63) is 76.7 Å². The van der Waals surface area contributed by atoms with Crippen molar-refractivity contribution >= 4 is 22.4 Å². The molecule has 0 bridgehead atoms. The lowest BCUT2D eigenvalue weighted by Gasteiger charge is -2.17. The van der Waals surface area contributed by atoms with Crippen LogP contribution in [0.5, 0.6) is 5.75 Å². The molecule has 2 aromatic carbocycles. The number of Topliss-reactive ketones (excluding diaryl/α,β-unsaturated/α-hetero) is 1. The van der Waals surface area contributed by atoms with Crippen molar-refractivity contribution in [1.82, 2.24) is 4.98 Å². The van der Waals surface area contributed by atoms with Gasteiger partial charge in [0.05, 0.1) is 5.57 Å². The first-order valence-electron chi connectivity index (χ1n) is 11.8. The molecule has 172 valence electrons. The number of aryl methyl sites for hydroxylation is 1. The summed E-state index contributed by atoms with van der Waals surface area (Å²) in [6.07, 6.45) is 4.13. The predicted octanol–water partition coefficient (Wildman–Crippen LogP) is 6.40. The second-order valence-corrected chi connectivity index (χ2v) is 8.64. The van der Waals surface area contributed by atoms with E-state index in [9.17, 15) is 9.90 Å². The third-order valence-corrected chi connectivity index (χ3v) is 6.16. The SMILES string of the molecule is CCC/C(O)=C1\C(=O)CCCC1=NCCc1c(C)[nH]c2ccc(OCc3ccccc3)cc12. The molecule has 3 aromatic rings. The number of hydrogen-bond donors (Lipinski definition) is 2. The average Bonchev–Trinajstić information content (AvgIpc) is 3.13. The number of ketones is 1. The van der Waals surface area contributed by atoms with Crippen molar-refractivity contribution in [3.8, 4) is 5.75 Å². The van der Waals surface area contributed by atoms with Crippen LogP contribution in [0.4, 0.5) is 0 Å². The van der Waals surface area contributed by atoms with Gasteiger partial charge in [-0.3, -0.25) is 9.79 Å². The molecule has 0 radical (unpaired) electrons. The molecule has 0 amide bonds. The van der Waals surface area contributed by atoms with E-state index in [-0.39, 0.29) is 11.5 Å². The molecule has 1 aliphatic rings. The quantitative estimate of drug-likeness (QED) is 0.312. The lowest BCUT2D eigenvalue weighted by atomic mass is 9.89. The Balaban J connectivity index is 1.51. The molecular formula is C28H32N2O3. The number of aliphatic hydroxyl groups excluding tert-OH is 1. The highest BCUT2D eigenvalue weighted by molar-refractivity contribution is 6.24. The summed E-state index contributed by atoms with van der Waals surface area (Å²) >= 11 is 0. The number of carbonyl (C=O) groups excluding carboxylic acids is 1. The number of nitrogens with zero attached hydrogens (tertiary/aromatic N) is 1. The molecule has 0 atom stereocenters. The molecule has 4 rings (SSSR count). The van der Waals surface area contributed by atoms with E-state index in [1.165, 1.54) is 5.56 Å². The van der Waals surface area contributed by atoms with Gasteiger partial charge in [-0.15, -0.1) is 0 Å². The molecule has 33 heavy (non-hydrogen) atoms. The van der Waals surface area contributed by atoms with Crippen LogP contribution in [-0.2, 0) is 17.8 Å². The van der Waals surface area contributed by atoms with Crippen molar-refractivity contribution < 1.29 is 14.6 Å². The van der Waals surface area contributed by atoms with Crippen LogP contribution in [0.2, 0.25) is 0 Å². The summed E-state index contributed by atoms with van der Waals surface area (Å²) < 4.78 is 6.03. The number of H-pyrrole nitrogens is 1. The number of aliphatic hydroxyl groups is 1. The number of aliphatic imine (C=N–C) groups is 1. The molecule has 5 heteroatoms. The van der Waals surface area contributed by atoms with Crippen molar-refractivity contribution in [2.24, 2.45) is 4.99 Å². The second-order valence-electron chi connectivity index (χ2n) is 8.64. The second kappa shape index (κ2) is 10.5. The molecule has 0 unspecified atom stereocenters. The van der Waals surface area contributed by atoms with Crippen molar-refractivity contribution in [1.29, 1.82) is 0 Å². The van der Waals surface area contributed by atoms with Gasteiger partial charge in [0.15, 0.2) is 5.78 Å². The minimum atomic E-state index is 0.0226. The summed E-state index contributed by atoms with van der Waals surface area (Å²) in [6, 6.07) is 16.3. The van der Waals surface area contributed by atoms with Gasteiger partial charge < -0.3 is 14.8 Å². The fourth-order valence-corrected chi connectivity index (χ4v) is 4.49. The molecule has 2 N–H and O–H groups in total. The lowest BCUT2D eigenvalue weighted by Crippen LogP contribution is -2.21. The molecule has 1 aromatic heterocycles. The minimum absolute atomic E-state index is 0.0226. The van der Waals surface area contributed by atoms with Gasteiger partial charge in [0.1, 0.15) is 18.1 Å². The van der Waals surface area contributed by atoms with E-state index < -0.39 is 0 Å². The van der Waals surface area contributed by atoms with Crippen LogP contribution in [0.1, 0.15) is 55.8 Å². The summed E-state index contributed by atoms with van der Waals surface area (Å²) in [5.74, 6) is 1.06. The first-order valence-corrected chi connectivity index (χ1v) is 11.8. The molecule has 0 spiro atoms. The number of aromatic amines is 1. The zero-order chi connectivity index (χ0) is 23.2. The topological polar surface area (TPSA) is 74.7 Å². The number of benzene rings is 2. The maximum absolute atomic E-state index is 12.4. The van der Waals surface area contributed by atoms with Crippen molar-refractivity contribution in [2.75, 3.05) is 6.54 Å². The molecule has 1 saturated carbocycles. The van der Waals surface area contributed by atoms with Gasteiger partial charge in [-0.1, -0.05) is 37.3 Å². The maximum atomic E-state index is 12.4. The number of rotatable bonds is 8. The summed E-state index contributed by atoms with van der Waals surface area (Å²) in [5.41, 5.74) is 5.78. The molecule has 0 saturated heterocycles. The zero-order valence-corrected chi connectivity index (χ0v) is 19.5. The van der Waals surface area contributed by atoms with E-state index in [0.29, 0.717) is 31.6 Å². The van der Waals surface area contributed by atoms with E-state index >= 15 is 0 Å². The molecular weight excluding hydrogens is 412 g/mol. The molecule has 1 aliphatic carbocycles. The van der Waals surface area contributed by atoms with Gasteiger partial charge in [0.2, 0.25) is 0 Å². The fourth-order valence-electron chi connectivity index (χ4n) is 4.49. The Hall–Kier alpha value is -3.34. The third kappa shape index (κ3) is 5.36. The Morgan fingerprint density at radius 1 is 1.15 bits per heavy atom. The van der Waals surface area contributed by atoms with Crippen LogP contribution in [0, 0.1) is 6.92 Å². The van der Waals surface area contributed by atoms with Gasteiger partial charge in [0, 0.05) is 41.7 Å². The summed E-state index contributed by atoms with van der Waals surface area (Å²) in [7, 11) is 0. The first kappa shape index (κ1) is 22.8. The normalized spacial score (nSPS) is 17.0. The van der Waals surface area contributed by atoms with Gasteiger partial charge in [-0.2, -0.15) is 0 Å². The largest absolute Gasteiger partial charge is 0.511 e. The summed E-state index contributed by atoms with van der Waals surface area (Å²) in [5, 5.41) is 11.5. The Labute approximate surface area is 195 Å². The van der Waals surface area contributed by atoms with Crippen LogP contribution >= 0.6 is 0 Å². The van der Waals surface area contributed by atoms with E-state index in [1.807, 2.05) is 31.2 Å². The van der Waals surface area contributed by atoms with Crippen molar-refractivity contribution in [3.63, 3.8) is 0 Å². The lowest BCUT2D eigenvalue weighted by molar-refractivity contribution is -0.115.